The third-order valence-electron chi connectivity index (χ3n) is 2.93. The van der Waals surface area contributed by atoms with E-state index in [1.54, 1.807) is 0 Å². The first-order valence-corrected chi connectivity index (χ1v) is 8.19. The number of rotatable bonds is 6. The van der Waals surface area contributed by atoms with Gasteiger partial charge in [0.05, 0.1) is 6.54 Å². The summed E-state index contributed by atoms with van der Waals surface area (Å²) in [5.41, 5.74) is 2.23. The van der Waals surface area contributed by atoms with Gasteiger partial charge in [0, 0.05) is 22.0 Å². The molecular weight excluding hydrogens is 396 g/mol. The molecule has 0 saturated carbocycles. The lowest BCUT2D eigenvalue weighted by Gasteiger charge is -2.08. The molecule has 5 heteroatoms. The van der Waals surface area contributed by atoms with Crippen molar-refractivity contribution in [3.05, 3.63) is 68.6 Å². The summed E-state index contributed by atoms with van der Waals surface area (Å²) in [6, 6.07) is 15.9. The van der Waals surface area contributed by atoms with Gasteiger partial charge < -0.3 is 10.6 Å². The van der Waals surface area contributed by atoms with Crippen LogP contribution in [-0.4, -0.2) is 12.5 Å². The van der Waals surface area contributed by atoms with Gasteiger partial charge in [0.1, 0.15) is 0 Å². The van der Waals surface area contributed by atoms with Crippen molar-refractivity contribution in [1.29, 1.82) is 0 Å². The number of nitrogens with one attached hydrogen (secondary N) is 2. The van der Waals surface area contributed by atoms with E-state index < -0.39 is 0 Å². The number of carbonyl (C=O) groups excluding carboxylic acids is 1. The zero-order chi connectivity index (χ0) is 15.1. The van der Waals surface area contributed by atoms with Gasteiger partial charge in [0.15, 0.2) is 0 Å². The van der Waals surface area contributed by atoms with E-state index in [1.165, 1.54) is 0 Å². The van der Waals surface area contributed by atoms with Crippen LogP contribution in [0.15, 0.2) is 57.5 Å². The molecule has 0 bridgehead atoms. The minimum atomic E-state index is -0.00460. The van der Waals surface area contributed by atoms with Gasteiger partial charge in [0.25, 0.3) is 0 Å². The number of halogens is 2. The van der Waals surface area contributed by atoms with Crippen LogP contribution in [0.3, 0.4) is 0 Å². The molecule has 21 heavy (non-hydrogen) atoms. The Bertz CT molecular complexity index is 602. The second-order valence-electron chi connectivity index (χ2n) is 4.61. The topological polar surface area (TPSA) is 41.1 Å². The lowest BCUT2D eigenvalue weighted by molar-refractivity contribution is -0.120. The Kier molecular flexibility index (Phi) is 6.42. The predicted molar refractivity (Wildman–Crippen MR) is 91.8 cm³/mol. The molecule has 0 aliphatic carbocycles. The van der Waals surface area contributed by atoms with Gasteiger partial charge in [-0.15, -0.1) is 0 Å². The van der Waals surface area contributed by atoms with Crippen LogP contribution >= 0.6 is 31.9 Å². The first-order chi connectivity index (χ1) is 10.1. The number of amides is 1. The second kappa shape index (κ2) is 8.32. The van der Waals surface area contributed by atoms with Gasteiger partial charge in [0.2, 0.25) is 5.91 Å². The maximum absolute atomic E-state index is 11.7. The molecule has 0 aromatic heterocycles. The highest BCUT2D eigenvalue weighted by molar-refractivity contribution is 9.13. The van der Waals surface area contributed by atoms with E-state index in [-0.39, 0.29) is 5.91 Å². The molecule has 2 rings (SSSR count). The van der Waals surface area contributed by atoms with E-state index in [2.05, 4.69) is 42.5 Å². The van der Waals surface area contributed by atoms with Crippen molar-refractivity contribution in [2.75, 3.05) is 6.54 Å². The van der Waals surface area contributed by atoms with Crippen molar-refractivity contribution in [2.45, 2.75) is 13.1 Å². The molecule has 0 spiro atoms. The molecule has 0 unspecified atom stereocenters. The van der Waals surface area contributed by atoms with Crippen molar-refractivity contribution >= 4 is 37.8 Å². The molecule has 0 fully saturated rings. The fraction of sp³-hybridized carbons (Fsp3) is 0.188. The van der Waals surface area contributed by atoms with Crippen molar-refractivity contribution in [2.24, 2.45) is 0 Å². The Labute approximate surface area is 141 Å². The molecule has 0 saturated heterocycles. The van der Waals surface area contributed by atoms with Crippen molar-refractivity contribution in [3.8, 4) is 0 Å². The Morgan fingerprint density at radius 1 is 0.905 bits per heavy atom. The molecule has 0 radical (unpaired) electrons. The van der Waals surface area contributed by atoms with Crippen LogP contribution in [0.4, 0.5) is 0 Å². The lowest BCUT2D eigenvalue weighted by Crippen LogP contribution is -2.33. The largest absolute Gasteiger partial charge is 0.351 e. The van der Waals surface area contributed by atoms with Gasteiger partial charge in [-0.3, -0.25) is 4.79 Å². The third kappa shape index (κ3) is 5.61. The molecule has 0 atom stereocenters. The SMILES string of the molecule is O=C(CNCc1ccc(Br)c(Br)c1)NCc1ccccc1. The van der Waals surface area contributed by atoms with Crippen LogP contribution in [-0.2, 0) is 17.9 Å². The molecule has 0 aliphatic rings. The minimum absolute atomic E-state index is 0.00460. The summed E-state index contributed by atoms with van der Waals surface area (Å²) in [7, 11) is 0. The Balaban J connectivity index is 1.70. The lowest BCUT2D eigenvalue weighted by atomic mass is 10.2. The van der Waals surface area contributed by atoms with E-state index in [0.29, 0.717) is 19.6 Å². The van der Waals surface area contributed by atoms with E-state index >= 15 is 0 Å². The molecule has 2 N–H and O–H groups in total. The van der Waals surface area contributed by atoms with Gasteiger partial charge in [-0.25, -0.2) is 0 Å². The summed E-state index contributed by atoms with van der Waals surface area (Å²) in [5, 5.41) is 6.02. The third-order valence-corrected chi connectivity index (χ3v) is 4.81. The van der Waals surface area contributed by atoms with Gasteiger partial charge in [-0.05, 0) is 55.1 Å². The molecule has 1 amide bonds. The van der Waals surface area contributed by atoms with Crippen LogP contribution in [0.25, 0.3) is 0 Å². The molecule has 110 valence electrons. The number of benzene rings is 2. The zero-order valence-electron chi connectivity index (χ0n) is 11.4. The van der Waals surface area contributed by atoms with Crippen molar-refractivity contribution in [3.63, 3.8) is 0 Å². The number of hydrogen-bond acceptors (Lipinski definition) is 2. The Hall–Kier alpha value is -1.17. The van der Waals surface area contributed by atoms with Crippen LogP contribution in [0.1, 0.15) is 11.1 Å². The Morgan fingerprint density at radius 2 is 1.67 bits per heavy atom. The minimum Gasteiger partial charge on any atom is -0.351 e. The second-order valence-corrected chi connectivity index (χ2v) is 6.32. The predicted octanol–water partition coefficient (Wildman–Crippen LogP) is 3.62. The summed E-state index contributed by atoms with van der Waals surface area (Å²) in [4.78, 5) is 11.7. The van der Waals surface area contributed by atoms with Gasteiger partial charge >= 0.3 is 0 Å². The average molecular weight is 412 g/mol. The molecular formula is C16H16Br2N2O. The standard InChI is InChI=1S/C16H16Br2N2O/c17-14-7-6-13(8-15(14)18)9-19-11-16(21)20-10-12-4-2-1-3-5-12/h1-8,19H,9-11H2,(H,20,21). The maximum Gasteiger partial charge on any atom is 0.234 e. The van der Waals surface area contributed by atoms with Gasteiger partial charge in [-0.2, -0.15) is 0 Å². The summed E-state index contributed by atoms with van der Waals surface area (Å²) in [5.74, 6) is -0.00460. The van der Waals surface area contributed by atoms with E-state index in [9.17, 15) is 4.79 Å². The van der Waals surface area contributed by atoms with Crippen LogP contribution < -0.4 is 10.6 Å². The van der Waals surface area contributed by atoms with E-state index in [1.807, 2.05) is 48.5 Å². The monoisotopic (exact) mass is 410 g/mol. The highest BCUT2D eigenvalue weighted by Gasteiger charge is 2.02. The highest BCUT2D eigenvalue weighted by atomic mass is 79.9. The zero-order valence-corrected chi connectivity index (χ0v) is 14.6. The fourth-order valence-electron chi connectivity index (χ4n) is 1.83. The molecule has 0 heterocycles. The first-order valence-electron chi connectivity index (χ1n) is 6.60. The van der Waals surface area contributed by atoms with Crippen molar-refractivity contribution < 1.29 is 4.79 Å². The highest BCUT2D eigenvalue weighted by Crippen LogP contribution is 2.23. The molecule has 0 aliphatic heterocycles. The van der Waals surface area contributed by atoms with E-state index in [4.69, 9.17) is 0 Å². The molecule has 3 nitrogen and oxygen atoms in total. The molecule has 2 aromatic carbocycles. The Morgan fingerprint density at radius 3 is 2.38 bits per heavy atom. The van der Waals surface area contributed by atoms with Gasteiger partial charge in [-0.1, -0.05) is 36.4 Å². The van der Waals surface area contributed by atoms with Crippen molar-refractivity contribution in [1.82, 2.24) is 10.6 Å². The van der Waals surface area contributed by atoms with E-state index in [0.717, 1.165) is 20.1 Å². The molecule has 2 aromatic rings. The summed E-state index contributed by atoms with van der Waals surface area (Å²) < 4.78 is 2.03. The first kappa shape index (κ1) is 16.2. The summed E-state index contributed by atoms with van der Waals surface area (Å²) in [6.07, 6.45) is 0. The quantitative estimate of drug-likeness (QED) is 0.762. The maximum atomic E-state index is 11.7. The van der Waals surface area contributed by atoms with Crippen LogP contribution in [0, 0.1) is 0 Å². The summed E-state index contributed by atoms with van der Waals surface area (Å²) >= 11 is 6.90. The average Bonchev–Trinajstić information content (AvgIpc) is 2.50. The fourth-order valence-corrected chi connectivity index (χ4v) is 2.50. The summed E-state index contributed by atoms with van der Waals surface area (Å²) in [6.45, 7) is 1.52. The number of hydrogen-bond donors (Lipinski definition) is 2. The van der Waals surface area contributed by atoms with Crippen LogP contribution in [0.2, 0.25) is 0 Å². The van der Waals surface area contributed by atoms with Crippen LogP contribution in [0.5, 0.6) is 0 Å². The smallest absolute Gasteiger partial charge is 0.234 e. The number of carbonyl (C=O) groups is 1. The normalized spacial score (nSPS) is 10.4.